The smallest absolute Gasteiger partial charge is 0.231 e. The number of pyridine rings is 1. The van der Waals surface area contributed by atoms with Gasteiger partial charge in [-0.1, -0.05) is 20.8 Å². The minimum Gasteiger partial charge on any atom is -0.356 e. The van der Waals surface area contributed by atoms with Gasteiger partial charge in [0.2, 0.25) is 5.91 Å². The van der Waals surface area contributed by atoms with Crippen LogP contribution in [0.25, 0.3) is 10.9 Å². The molecule has 4 heteroatoms. The molecule has 0 aromatic carbocycles. The zero-order valence-electron chi connectivity index (χ0n) is 11.2. The summed E-state index contributed by atoms with van der Waals surface area (Å²) in [6, 6.07) is 0. The average Bonchev–Trinajstić information content (AvgIpc) is 2.66. The van der Waals surface area contributed by atoms with Crippen molar-refractivity contribution in [2.75, 3.05) is 11.9 Å². The van der Waals surface area contributed by atoms with Gasteiger partial charge < -0.3 is 9.88 Å². The van der Waals surface area contributed by atoms with Gasteiger partial charge in [-0.05, 0) is 5.56 Å². The zero-order chi connectivity index (χ0) is 13.1. The average molecular weight is 243 g/mol. The van der Waals surface area contributed by atoms with E-state index in [1.165, 1.54) is 0 Å². The summed E-state index contributed by atoms with van der Waals surface area (Å²) in [5.41, 5.74) is 4.21. The van der Waals surface area contributed by atoms with Gasteiger partial charge in [-0.25, -0.2) is 0 Å². The van der Waals surface area contributed by atoms with Crippen molar-refractivity contribution in [1.82, 2.24) is 9.97 Å². The van der Waals surface area contributed by atoms with E-state index < -0.39 is 0 Å². The van der Waals surface area contributed by atoms with Gasteiger partial charge in [-0.2, -0.15) is 0 Å². The summed E-state index contributed by atoms with van der Waals surface area (Å²) in [5.74, 6) is 0.127. The van der Waals surface area contributed by atoms with Gasteiger partial charge in [0, 0.05) is 23.5 Å². The van der Waals surface area contributed by atoms with E-state index >= 15 is 0 Å². The Morgan fingerprint density at radius 2 is 2.06 bits per heavy atom. The Morgan fingerprint density at radius 3 is 2.72 bits per heavy atom. The topological polar surface area (TPSA) is 49.0 Å². The number of nitrogens with zero attached hydrogens (tertiary/aromatic N) is 2. The molecule has 0 radical (unpaired) electrons. The van der Waals surface area contributed by atoms with Gasteiger partial charge in [-0.15, -0.1) is 0 Å². The lowest BCUT2D eigenvalue weighted by atomic mass is 9.87. The number of likely N-dealkylation sites (N-methyl/N-ethyl adjacent to an activating group) is 1. The number of rotatable bonds is 0. The lowest BCUT2D eigenvalue weighted by molar-refractivity contribution is -0.117. The SMILES string of the molecule is CN1C(=O)Cc2c(C(C)(C)C)[nH]c3cncc1c23. The monoisotopic (exact) mass is 243 g/mol. The predicted molar refractivity (Wildman–Crippen MR) is 71.9 cm³/mol. The number of amides is 1. The van der Waals surface area contributed by atoms with E-state index in [0.717, 1.165) is 27.8 Å². The number of anilines is 1. The summed E-state index contributed by atoms with van der Waals surface area (Å²) in [4.78, 5) is 21.4. The third-order valence-corrected chi connectivity index (χ3v) is 3.60. The molecule has 4 nitrogen and oxygen atoms in total. The number of carbonyl (C=O) groups is 1. The summed E-state index contributed by atoms with van der Waals surface area (Å²) in [6.45, 7) is 6.47. The first-order valence-corrected chi connectivity index (χ1v) is 6.15. The zero-order valence-corrected chi connectivity index (χ0v) is 11.2. The largest absolute Gasteiger partial charge is 0.356 e. The molecule has 3 heterocycles. The van der Waals surface area contributed by atoms with Crippen molar-refractivity contribution in [1.29, 1.82) is 0 Å². The van der Waals surface area contributed by atoms with Crippen molar-refractivity contribution in [3.8, 4) is 0 Å². The first-order valence-electron chi connectivity index (χ1n) is 6.15. The van der Waals surface area contributed by atoms with Crippen molar-refractivity contribution in [2.45, 2.75) is 32.6 Å². The Balaban J connectivity index is 2.40. The van der Waals surface area contributed by atoms with Gasteiger partial charge >= 0.3 is 0 Å². The van der Waals surface area contributed by atoms with E-state index in [2.05, 4.69) is 30.7 Å². The highest BCUT2D eigenvalue weighted by Gasteiger charge is 2.30. The van der Waals surface area contributed by atoms with Crippen LogP contribution in [0.5, 0.6) is 0 Å². The number of aromatic nitrogens is 2. The molecule has 94 valence electrons. The van der Waals surface area contributed by atoms with Crippen LogP contribution in [0.3, 0.4) is 0 Å². The Labute approximate surface area is 106 Å². The fourth-order valence-electron chi connectivity index (χ4n) is 2.67. The maximum Gasteiger partial charge on any atom is 0.231 e. The lowest BCUT2D eigenvalue weighted by Gasteiger charge is -2.25. The molecule has 0 saturated carbocycles. The molecule has 1 amide bonds. The summed E-state index contributed by atoms with van der Waals surface area (Å²) in [5, 5.41) is 1.15. The van der Waals surface area contributed by atoms with Gasteiger partial charge in [-0.3, -0.25) is 9.78 Å². The molecular formula is C14H17N3O. The maximum atomic E-state index is 12.1. The van der Waals surface area contributed by atoms with E-state index in [4.69, 9.17) is 0 Å². The molecule has 0 atom stereocenters. The highest BCUT2D eigenvalue weighted by Crippen LogP contribution is 2.38. The van der Waals surface area contributed by atoms with Gasteiger partial charge in [0.15, 0.2) is 0 Å². The number of carbonyl (C=O) groups excluding carboxylic acids is 1. The summed E-state index contributed by atoms with van der Waals surface area (Å²) in [7, 11) is 1.81. The number of nitrogens with one attached hydrogen (secondary N) is 1. The van der Waals surface area contributed by atoms with Crippen molar-refractivity contribution >= 4 is 22.5 Å². The molecule has 0 aliphatic carbocycles. The molecule has 1 aliphatic rings. The number of aromatic amines is 1. The van der Waals surface area contributed by atoms with Crippen LogP contribution < -0.4 is 4.90 Å². The maximum absolute atomic E-state index is 12.1. The predicted octanol–water partition coefficient (Wildman–Crippen LogP) is 2.38. The molecule has 1 N–H and O–H groups in total. The third-order valence-electron chi connectivity index (χ3n) is 3.60. The van der Waals surface area contributed by atoms with E-state index in [9.17, 15) is 4.79 Å². The van der Waals surface area contributed by atoms with Crippen molar-refractivity contribution in [3.63, 3.8) is 0 Å². The minimum atomic E-state index is 0.00180. The van der Waals surface area contributed by atoms with E-state index in [1.54, 1.807) is 11.1 Å². The van der Waals surface area contributed by atoms with Crippen LogP contribution >= 0.6 is 0 Å². The first-order chi connectivity index (χ1) is 8.39. The van der Waals surface area contributed by atoms with Gasteiger partial charge in [0.1, 0.15) is 0 Å². The second-order valence-electron chi connectivity index (χ2n) is 5.94. The van der Waals surface area contributed by atoms with Crippen molar-refractivity contribution in [2.24, 2.45) is 0 Å². The molecule has 3 rings (SSSR count). The minimum absolute atomic E-state index is 0.00180. The summed E-state index contributed by atoms with van der Waals surface area (Å²) < 4.78 is 0. The molecule has 18 heavy (non-hydrogen) atoms. The normalized spacial score (nSPS) is 15.6. The number of H-pyrrole nitrogens is 1. The molecule has 2 aromatic rings. The van der Waals surface area contributed by atoms with Gasteiger partial charge in [0.25, 0.3) is 0 Å². The molecule has 0 spiro atoms. The lowest BCUT2D eigenvalue weighted by Crippen LogP contribution is -2.32. The molecule has 0 bridgehead atoms. The molecule has 0 saturated heterocycles. The van der Waals surface area contributed by atoms with Crippen LogP contribution in [0.4, 0.5) is 5.69 Å². The summed E-state index contributed by atoms with van der Waals surface area (Å²) >= 11 is 0. The highest BCUT2D eigenvalue weighted by molar-refractivity contribution is 6.10. The van der Waals surface area contributed by atoms with Crippen LogP contribution in [0.15, 0.2) is 12.4 Å². The molecular weight excluding hydrogens is 226 g/mol. The fourth-order valence-corrected chi connectivity index (χ4v) is 2.67. The second kappa shape index (κ2) is 3.34. The fraction of sp³-hybridized carbons (Fsp3) is 0.429. The Hall–Kier alpha value is -1.84. The van der Waals surface area contributed by atoms with E-state index in [1.807, 2.05) is 13.2 Å². The standard InChI is InChI=1S/C14H17N3O/c1-14(2,3)13-8-5-11(18)17(4)10-7-15-6-9(16-13)12(8)10/h6-7,16H,5H2,1-4H3. The Morgan fingerprint density at radius 1 is 1.33 bits per heavy atom. The second-order valence-corrected chi connectivity index (χ2v) is 5.94. The van der Waals surface area contributed by atoms with E-state index in [-0.39, 0.29) is 11.3 Å². The van der Waals surface area contributed by atoms with Crippen LogP contribution in [0.2, 0.25) is 0 Å². The summed E-state index contributed by atoms with van der Waals surface area (Å²) in [6.07, 6.45) is 4.07. The van der Waals surface area contributed by atoms with Crippen molar-refractivity contribution in [3.05, 3.63) is 23.7 Å². The Kier molecular flexibility index (Phi) is 2.09. The molecule has 1 aliphatic heterocycles. The van der Waals surface area contributed by atoms with Crippen LogP contribution in [0.1, 0.15) is 32.0 Å². The van der Waals surface area contributed by atoms with Gasteiger partial charge in [0.05, 0.1) is 30.0 Å². The quantitative estimate of drug-likeness (QED) is 0.772. The number of hydrogen-bond donors (Lipinski definition) is 1. The molecule has 0 unspecified atom stereocenters. The highest BCUT2D eigenvalue weighted by atomic mass is 16.2. The van der Waals surface area contributed by atoms with Crippen LogP contribution in [-0.2, 0) is 16.6 Å². The van der Waals surface area contributed by atoms with Crippen LogP contribution in [-0.4, -0.2) is 22.9 Å². The van der Waals surface area contributed by atoms with E-state index in [0.29, 0.717) is 6.42 Å². The van der Waals surface area contributed by atoms with Crippen LogP contribution in [0, 0.1) is 0 Å². The van der Waals surface area contributed by atoms with Crippen molar-refractivity contribution < 1.29 is 4.79 Å². The molecule has 2 aromatic heterocycles. The third kappa shape index (κ3) is 1.38. The molecule has 0 fully saturated rings. The first kappa shape index (κ1) is 11.3. The number of hydrogen-bond acceptors (Lipinski definition) is 2. The Bertz CT molecular complexity index is 649.